The van der Waals surface area contributed by atoms with Gasteiger partial charge in [0.25, 0.3) is 5.91 Å². The first-order valence-corrected chi connectivity index (χ1v) is 6.67. The molecule has 0 bridgehead atoms. The number of aryl methyl sites for hydroxylation is 2. The third-order valence-electron chi connectivity index (χ3n) is 2.84. The Hall–Kier alpha value is -2.21. The Bertz CT molecular complexity index is 663. The summed E-state index contributed by atoms with van der Waals surface area (Å²) in [5.41, 5.74) is 8.30. The molecule has 0 aliphatic heterocycles. The molecule has 2 aromatic rings. The van der Waals surface area contributed by atoms with E-state index in [1.807, 2.05) is 13.8 Å². The molecule has 0 spiro atoms. The second-order valence-electron chi connectivity index (χ2n) is 4.39. The quantitative estimate of drug-likeness (QED) is 0.845. The molecule has 1 heterocycles. The van der Waals surface area contributed by atoms with E-state index in [0.717, 1.165) is 11.3 Å². The van der Waals surface area contributed by atoms with Gasteiger partial charge in [0, 0.05) is 17.8 Å². The molecule has 6 heteroatoms. The predicted molar refractivity (Wildman–Crippen MR) is 82.9 cm³/mol. The van der Waals surface area contributed by atoms with Crippen molar-refractivity contribution in [2.24, 2.45) is 5.73 Å². The molecule has 0 aliphatic rings. The minimum absolute atomic E-state index is 0.201. The van der Waals surface area contributed by atoms with Crippen molar-refractivity contribution in [3.05, 3.63) is 47.3 Å². The number of anilines is 1. The summed E-state index contributed by atoms with van der Waals surface area (Å²) in [6, 6.07) is 8.90. The van der Waals surface area contributed by atoms with Crippen molar-refractivity contribution in [3.8, 4) is 0 Å². The van der Waals surface area contributed by atoms with Gasteiger partial charge in [0.15, 0.2) is 0 Å². The summed E-state index contributed by atoms with van der Waals surface area (Å²) >= 11 is 4.92. The van der Waals surface area contributed by atoms with Gasteiger partial charge in [-0.05, 0) is 32.0 Å². The number of thiocarbonyl (C=S) groups is 1. The first kappa shape index (κ1) is 14.2. The fraction of sp³-hybridized carbons (Fsp3) is 0.214. The Morgan fingerprint density at radius 2 is 2.20 bits per heavy atom. The Morgan fingerprint density at radius 1 is 1.45 bits per heavy atom. The van der Waals surface area contributed by atoms with Crippen LogP contribution in [-0.2, 0) is 6.54 Å². The van der Waals surface area contributed by atoms with E-state index < -0.39 is 0 Å². The topological polar surface area (TPSA) is 72.9 Å². The lowest BCUT2D eigenvalue weighted by Gasteiger charge is -2.08. The molecule has 0 fully saturated rings. The fourth-order valence-corrected chi connectivity index (χ4v) is 2.04. The standard InChI is InChI=1S/C14H16N4OS/c1-3-18-12(7-9(2)17-18)14(19)16-11-6-4-5-10(8-11)13(15)20/h4-8H,3H2,1-2H3,(H2,15,20)(H,16,19). The predicted octanol–water partition coefficient (Wildman–Crippen LogP) is 2.10. The lowest BCUT2D eigenvalue weighted by molar-refractivity contribution is 0.101. The van der Waals surface area contributed by atoms with Crippen LogP contribution in [0.3, 0.4) is 0 Å². The van der Waals surface area contributed by atoms with E-state index in [9.17, 15) is 4.79 Å². The summed E-state index contributed by atoms with van der Waals surface area (Å²) in [6.45, 7) is 4.44. The molecule has 0 unspecified atom stereocenters. The van der Waals surface area contributed by atoms with Crippen LogP contribution in [0.5, 0.6) is 0 Å². The number of hydrogen-bond acceptors (Lipinski definition) is 3. The van der Waals surface area contributed by atoms with E-state index in [-0.39, 0.29) is 5.91 Å². The molecule has 3 N–H and O–H groups in total. The van der Waals surface area contributed by atoms with E-state index in [1.165, 1.54) is 0 Å². The molecule has 0 saturated carbocycles. The molecule has 0 aliphatic carbocycles. The van der Waals surface area contributed by atoms with Gasteiger partial charge in [-0.25, -0.2) is 0 Å². The van der Waals surface area contributed by atoms with E-state index >= 15 is 0 Å². The molecule has 0 atom stereocenters. The minimum atomic E-state index is -0.201. The van der Waals surface area contributed by atoms with Crippen molar-refractivity contribution < 1.29 is 4.79 Å². The van der Waals surface area contributed by atoms with Gasteiger partial charge in [0.2, 0.25) is 0 Å². The zero-order valence-electron chi connectivity index (χ0n) is 11.4. The highest BCUT2D eigenvalue weighted by atomic mass is 32.1. The summed E-state index contributed by atoms with van der Waals surface area (Å²) in [6.07, 6.45) is 0. The summed E-state index contributed by atoms with van der Waals surface area (Å²) in [5, 5.41) is 7.08. The van der Waals surface area contributed by atoms with Gasteiger partial charge < -0.3 is 11.1 Å². The van der Waals surface area contributed by atoms with Crippen molar-refractivity contribution in [1.29, 1.82) is 0 Å². The second-order valence-corrected chi connectivity index (χ2v) is 4.83. The number of nitrogens with one attached hydrogen (secondary N) is 1. The third kappa shape index (κ3) is 3.03. The zero-order valence-corrected chi connectivity index (χ0v) is 12.2. The number of benzene rings is 1. The maximum absolute atomic E-state index is 12.3. The first-order valence-electron chi connectivity index (χ1n) is 6.27. The van der Waals surface area contributed by atoms with Crippen molar-refractivity contribution in [1.82, 2.24) is 9.78 Å². The number of aromatic nitrogens is 2. The number of carbonyl (C=O) groups is 1. The minimum Gasteiger partial charge on any atom is -0.389 e. The molecule has 5 nitrogen and oxygen atoms in total. The van der Waals surface area contributed by atoms with Crippen LogP contribution in [-0.4, -0.2) is 20.7 Å². The van der Waals surface area contributed by atoms with Crippen LogP contribution >= 0.6 is 12.2 Å². The molecule has 20 heavy (non-hydrogen) atoms. The molecule has 0 saturated heterocycles. The van der Waals surface area contributed by atoms with E-state index in [0.29, 0.717) is 22.9 Å². The van der Waals surface area contributed by atoms with Crippen LogP contribution in [0.1, 0.15) is 28.7 Å². The van der Waals surface area contributed by atoms with E-state index in [4.69, 9.17) is 18.0 Å². The van der Waals surface area contributed by atoms with E-state index in [1.54, 1.807) is 35.0 Å². The normalized spacial score (nSPS) is 10.3. The molecule has 1 amide bonds. The Labute approximate surface area is 122 Å². The lowest BCUT2D eigenvalue weighted by Crippen LogP contribution is -2.18. The van der Waals surface area contributed by atoms with Crippen LogP contribution in [0, 0.1) is 6.92 Å². The number of amides is 1. The van der Waals surface area contributed by atoms with Gasteiger partial charge in [-0.3, -0.25) is 9.48 Å². The summed E-state index contributed by atoms with van der Waals surface area (Å²) < 4.78 is 1.67. The number of hydrogen-bond donors (Lipinski definition) is 2. The van der Waals surface area contributed by atoms with Crippen molar-refractivity contribution >= 4 is 28.8 Å². The van der Waals surface area contributed by atoms with Crippen molar-refractivity contribution in [2.75, 3.05) is 5.32 Å². The highest BCUT2D eigenvalue weighted by molar-refractivity contribution is 7.80. The average Bonchev–Trinajstić information content (AvgIpc) is 2.80. The number of nitrogens with zero attached hydrogens (tertiary/aromatic N) is 2. The van der Waals surface area contributed by atoms with Crippen molar-refractivity contribution in [2.45, 2.75) is 20.4 Å². The summed E-state index contributed by atoms with van der Waals surface area (Å²) in [7, 11) is 0. The van der Waals surface area contributed by atoms with Crippen LogP contribution in [0.25, 0.3) is 0 Å². The number of rotatable bonds is 4. The van der Waals surface area contributed by atoms with Crippen LogP contribution in [0.2, 0.25) is 0 Å². The second kappa shape index (κ2) is 5.83. The largest absolute Gasteiger partial charge is 0.389 e. The SMILES string of the molecule is CCn1nc(C)cc1C(=O)Nc1cccc(C(N)=S)c1. The lowest BCUT2D eigenvalue weighted by atomic mass is 10.2. The Morgan fingerprint density at radius 3 is 2.85 bits per heavy atom. The molecule has 104 valence electrons. The highest BCUT2D eigenvalue weighted by Crippen LogP contribution is 2.13. The van der Waals surface area contributed by atoms with Gasteiger partial charge in [-0.2, -0.15) is 5.10 Å². The van der Waals surface area contributed by atoms with Crippen LogP contribution < -0.4 is 11.1 Å². The molecule has 1 aromatic carbocycles. The third-order valence-corrected chi connectivity index (χ3v) is 3.07. The van der Waals surface area contributed by atoms with Crippen LogP contribution in [0.15, 0.2) is 30.3 Å². The highest BCUT2D eigenvalue weighted by Gasteiger charge is 2.13. The van der Waals surface area contributed by atoms with Crippen molar-refractivity contribution in [3.63, 3.8) is 0 Å². The molecule has 2 rings (SSSR count). The van der Waals surface area contributed by atoms with Crippen LogP contribution in [0.4, 0.5) is 5.69 Å². The maximum Gasteiger partial charge on any atom is 0.273 e. The monoisotopic (exact) mass is 288 g/mol. The average molecular weight is 288 g/mol. The van der Waals surface area contributed by atoms with Gasteiger partial charge in [0.1, 0.15) is 10.7 Å². The number of nitrogens with two attached hydrogens (primary N) is 1. The van der Waals surface area contributed by atoms with Gasteiger partial charge in [0.05, 0.1) is 5.69 Å². The Kier molecular flexibility index (Phi) is 4.14. The number of carbonyl (C=O) groups excluding carboxylic acids is 1. The summed E-state index contributed by atoms with van der Waals surface area (Å²) in [5.74, 6) is -0.201. The smallest absolute Gasteiger partial charge is 0.273 e. The molecular weight excluding hydrogens is 272 g/mol. The molecule has 1 aromatic heterocycles. The molecule has 0 radical (unpaired) electrons. The zero-order chi connectivity index (χ0) is 14.7. The van der Waals surface area contributed by atoms with Gasteiger partial charge in [-0.15, -0.1) is 0 Å². The maximum atomic E-state index is 12.3. The van der Waals surface area contributed by atoms with E-state index in [2.05, 4.69) is 10.4 Å². The summed E-state index contributed by atoms with van der Waals surface area (Å²) in [4.78, 5) is 12.6. The van der Waals surface area contributed by atoms with Gasteiger partial charge >= 0.3 is 0 Å². The Balaban J connectivity index is 2.23. The molecular formula is C14H16N4OS. The fourth-order valence-electron chi connectivity index (χ4n) is 1.91. The van der Waals surface area contributed by atoms with Gasteiger partial charge in [-0.1, -0.05) is 24.4 Å². The first-order chi connectivity index (χ1) is 9.51.